The first-order valence-electron chi connectivity index (χ1n) is 11.9. The molecule has 7 nitrogen and oxygen atoms in total. The minimum absolute atomic E-state index is 0.0267. The highest BCUT2D eigenvalue weighted by Gasteiger charge is 2.28. The van der Waals surface area contributed by atoms with Crippen molar-refractivity contribution in [3.05, 3.63) is 64.4 Å². The van der Waals surface area contributed by atoms with Crippen molar-refractivity contribution < 1.29 is 22.4 Å². The van der Waals surface area contributed by atoms with Crippen molar-refractivity contribution in [2.75, 3.05) is 17.1 Å². The maximum Gasteiger partial charge on any atom is 0.242 e. The highest BCUT2D eigenvalue weighted by Crippen LogP contribution is 2.27. The summed E-state index contributed by atoms with van der Waals surface area (Å²) in [5.74, 6) is -1.17. The van der Waals surface area contributed by atoms with Gasteiger partial charge < -0.3 is 10.2 Å². The molecule has 2 rings (SSSR count). The molecule has 0 saturated carbocycles. The van der Waals surface area contributed by atoms with E-state index in [0.717, 1.165) is 18.2 Å². The van der Waals surface area contributed by atoms with Crippen LogP contribution in [-0.4, -0.2) is 50.0 Å². The number of carbonyl (C=O) groups excluding carboxylic acids is 2. The lowest BCUT2D eigenvalue weighted by Crippen LogP contribution is -2.49. The van der Waals surface area contributed by atoms with Gasteiger partial charge in [-0.25, -0.2) is 12.8 Å². The zero-order chi connectivity index (χ0) is 27.0. The van der Waals surface area contributed by atoms with Gasteiger partial charge in [0.15, 0.2) is 0 Å². The lowest BCUT2D eigenvalue weighted by molar-refractivity contribution is -0.141. The molecule has 0 aliphatic carbocycles. The van der Waals surface area contributed by atoms with Crippen molar-refractivity contribution in [2.24, 2.45) is 0 Å². The molecule has 0 bridgehead atoms. The van der Waals surface area contributed by atoms with E-state index in [9.17, 15) is 22.4 Å². The van der Waals surface area contributed by atoms with Crippen LogP contribution in [0.2, 0.25) is 5.02 Å². The number of carbonyl (C=O) groups is 2. The van der Waals surface area contributed by atoms with Crippen LogP contribution in [0.15, 0.2) is 42.5 Å². The summed E-state index contributed by atoms with van der Waals surface area (Å²) in [5, 5.41) is 3.27. The molecule has 0 aromatic heterocycles. The van der Waals surface area contributed by atoms with E-state index in [1.165, 1.54) is 15.3 Å². The highest BCUT2D eigenvalue weighted by molar-refractivity contribution is 7.92. The number of amides is 2. The number of hydrogen-bond donors (Lipinski definition) is 1. The van der Waals surface area contributed by atoms with Crippen molar-refractivity contribution in [2.45, 2.75) is 65.6 Å². The van der Waals surface area contributed by atoms with E-state index < -0.39 is 21.9 Å². The van der Waals surface area contributed by atoms with Crippen molar-refractivity contribution in [3.8, 4) is 0 Å². The number of rotatable bonds is 12. The average molecular weight is 540 g/mol. The second-order valence-corrected chi connectivity index (χ2v) is 11.3. The number of aryl methyl sites for hydroxylation is 1. The summed E-state index contributed by atoms with van der Waals surface area (Å²) < 4.78 is 40.6. The highest BCUT2D eigenvalue weighted by atomic mass is 35.5. The second kappa shape index (κ2) is 13.1. The molecule has 0 fully saturated rings. The smallest absolute Gasteiger partial charge is 0.242 e. The van der Waals surface area contributed by atoms with E-state index >= 15 is 0 Å². The van der Waals surface area contributed by atoms with Gasteiger partial charge in [-0.2, -0.15) is 0 Å². The van der Waals surface area contributed by atoms with Gasteiger partial charge in [-0.05, 0) is 57.4 Å². The van der Waals surface area contributed by atoms with Crippen molar-refractivity contribution in [1.82, 2.24) is 10.2 Å². The Labute approximate surface area is 218 Å². The molecule has 1 N–H and O–H groups in total. The van der Waals surface area contributed by atoms with Gasteiger partial charge in [0.1, 0.15) is 11.9 Å². The van der Waals surface area contributed by atoms with E-state index in [1.807, 2.05) is 13.8 Å². The molecule has 198 valence electrons. The lowest BCUT2D eigenvalue weighted by atomic mass is 10.1. The van der Waals surface area contributed by atoms with Crippen molar-refractivity contribution in [1.29, 1.82) is 0 Å². The van der Waals surface area contributed by atoms with Crippen LogP contribution in [0.5, 0.6) is 0 Å². The van der Waals surface area contributed by atoms with Gasteiger partial charge in [0.2, 0.25) is 21.8 Å². The van der Waals surface area contributed by atoms with Gasteiger partial charge in [-0.15, -0.1) is 0 Å². The number of anilines is 1. The number of nitrogens with zero attached hydrogens (tertiary/aromatic N) is 2. The molecule has 0 spiro atoms. The molecule has 2 amide bonds. The molecule has 0 heterocycles. The van der Waals surface area contributed by atoms with E-state index in [2.05, 4.69) is 5.32 Å². The molecule has 0 radical (unpaired) electrons. The Morgan fingerprint density at radius 2 is 1.81 bits per heavy atom. The minimum Gasteiger partial charge on any atom is -0.352 e. The van der Waals surface area contributed by atoms with Gasteiger partial charge >= 0.3 is 0 Å². The Hall–Kier alpha value is -2.65. The Morgan fingerprint density at radius 1 is 1.14 bits per heavy atom. The van der Waals surface area contributed by atoms with Crippen LogP contribution in [0.1, 0.15) is 51.2 Å². The van der Waals surface area contributed by atoms with Crippen LogP contribution in [0.4, 0.5) is 10.1 Å². The first-order chi connectivity index (χ1) is 16.8. The van der Waals surface area contributed by atoms with Crippen LogP contribution in [-0.2, 0) is 26.2 Å². The van der Waals surface area contributed by atoms with E-state index in [0.29, 0.717) is 16.3 Å². The number of benzene rings is 2. The molecule has 2 aromatic rings. The zero-order valence-electron chi connectivity index (χ0n) is 21.4. The standard InChI is InChI=1S/C26H35ClFN3O4S/c1-6-19(3)29-26(33)20(4)30(17-21-10-7-8-11-23(21)28)25(32)12-9-15-31(36(5,34)35)24-16-22(27)14-13-18(24)2/h7-8,10-11,13-14,16,19-20H,6,9,12,15,17H2,1-5H3,(H,29,33). The quantitative estimate of drug-likeness (QED) is 0.425. The largest absolute Gasteiger partial charge is 0.352 e. The van der Waals surface area contributed by atoms with Crippen molar-refractivity contribution >= 4 is 39.1 Å². The number of halogens is 2. The fourth-order valence-corrected chi connectivity index (χ4v) is 4.87. The second-order valence-electron chi connectivity index (χ2n) is 8.98. The Morgan fingerprint density at radius 3 is 2.42 bits per heavy atom. The number of hydrogen-bond acceptors (Lipinski definition) is 4. The van der Waals surface area contributed by atoms with Gasteiger partial charge in [-0.1, -0.05) is 42.8 Å². The number of sulfonamides is 1. The van der Waals surface area contributed by atoms with Crippen LogP contribution in [0.25, 0.3) is 0 Å². The molecule has 0 aliphatic rings. The minimum atomic E-state index is -3.64. The molecule has 2 atom stereocenters. The summed E-state index contributed by atoms with van der Waals surface area (Å²) in [5.41, 5.74) is 1.47. The fourth-order valence-electron chi connectivity index (χ4n) is 3.69. The van der Waals surface area contributed by atoms with Crippen molar-refractivity contribution in [3.63, 3.8) is 0 Å². The van der Waals surface area contributed by atoms with E-state index in [-0.39, 0.29) is 43.8 Å². The molecule has 0 aliphatic heterocycles. The van der Waals surface area contributed by atoms with Crippen LogP contribution in [0.3, 0.4) is 0 Å². The summed E-state index contributed by atoms with van der Waals surface area (Å²) in [6.45, 7) is 7.16. The molecular weight excluding hydrogens is 505 g/mol. The zero-order valence-corrected chi connectivity index (χ0v) is 23.0. The van der Waals surface area contributed by atoms with Gasteiger partial charge in [0.05, 0.1) is 11.9 Å². The molecule has 2 unspecified atom stereocenters. The Kier molecular flexibility index (Phi) is 10.7. The summed E-state index contributed by atoms with van der Waals surface area (Å²) in [6.07, 6.45) is 2.00. The van der Waals surface area contributed by atoms with Gasteiger partial charge in [0.25, 0.3) is 0 Å². The molecular formula is C26H35ClFN3O4S. The SMILES string of the molecule is CCC(C)NC(=O)C(C)N(Cc1ccccc1F)C(=O)CCCN(c1cc(Cl)ccc1C)S(C)(=O)=O. The molecule has 36 heavy (non-hydrogen) atoms. The maximum absolute atomic E-state index is 14.4. The summed E-state index contributed by atoms with van der Waals surface area (Å²) in [6, 6.07) is 10.2. The molecule has 2 aromatic carbocycles. The molecule has 10 heteroatoms. The lowest BCUT2D eigenvalue weighted by Gasteiger charge is -2.30. The van der Waals surface area contributed by atoms with E-state index in [4.69, 9.17) is 11.6 Å². The monoisotopic (exact) mass is 539 g/mol. The summed E-state index contributed by atoms with van der Waals surface area (Å²) in [7, 11) is -3.64. The fraction of sp³-hybridized carbons (Fsp3) is 0.462. The number of nitrogens with one attached hydrogen (secondary N) is 1. The van der Waals surface area contributed by atoms with Gasteiger partial charge in [-0.3, -0.25) is 13.9 Å². The topological polar surface area (TPSA) is 86.8 Å². The van der Waals surface area contributed by atoms with E-state index in [1.54, 1.807) is 50.2 Å². The summed E-state index contributed by atoms with van der Waals surface area (Å²) in [4.78, 5) is 27.4. The van der Waals surface area contributed by atoms with Crippen LogP contribution < -0.4 is 9.62 Å². The average Bonchev–Trinajstić information content (AvgIpc) is 2.81. The predicted octanol–water partition coefficient (Wildman–Crippen LogP) is 4.67. The first-order valence-corrected chi connectivity index (χ1v) is 14.1. The van der Waals surface area contributed by atoms with Gasteiger partial charge in [0, 0.05) is 36.1 Å². The third kappa shape index (κ3) is 8.20. The predicted molar refractivity (Wildman–Crippen MR) is 142 cm³/mol. The summed E-state index contributed by atoms with van der Waals surface area (Å²) >= 11 is 6.09. The Balaban J connectivity index is 2.22. The molecule has 0 saturated heterocycles. The van der Waals surface area contributed by atoms with Crippen LogP contribution in [0, 0.1) is 12.7 Å². The first kappa shape index (κ1) is 29.6. The third-order valence-electron chi connectivity index (χ3n) is 6.06. The third-order valence-corrected chi connectivity index (χ3v) is 7.47. The maximum atomic E-state index is 14.4. The Bertz CT molecular complexity index is 1180. The normalized spacial score (nSPS) is 13.1. The van der Waals surface area contributed by atoms with Crippen LogP contribution >= 0.6 is 11.6 Å².